The molecule has 0 amide bonds. The molecule has 2 unspecified atom stereocenters. The van der Waals surface area contributed by atoms with Crippen molar-refractivity contribution in [1.29, 1.82) is 0 Å². The molecule has 1 rings (SSSR count). The molecule has 1 heterocycles. The minimum atomic E-state index is -0.805. The summed E-state index contributed by atoms with van der Waals surface area (Å²) in [5, 5.41) is 12.5. The quantitative estimate of drug-likeness (QED) is 0.764. The monoisotopic (exact) mass is 256 g/mol. The average Bonchev–Trinajstić information content (AvgIpc) is 2.57. The van der Waals surface area contributed by atoms with Gasteiger partial charge in [-0.1, -0.05) is 19.8 Å². The van der Waals surface area contributed by atoms with Gasteiger partial charge in [0.25, 0.3) is 0 Å². The van der Waals surface area contributed by atoms with Crippen LogP contribution in [0.5, 0.6) is 0 Å². The molecule has 18 heavy (non-hydrogen) atoms. The Morgan fingerprint density at radius 1 is 1.33 bits per heavy atom. The van der Waals surface area contributed by atoms with Crippen LogP contribution < -0.4 is 5.32 Å². The number of hydrogen-bond donors (Lipinski definition) is 2. The van der Waals surface area contributed by atoms with Crippen molar-refractivity contribution in [2.24, 2.45) is 0 Å². The summed E-state index contributed by atoms with van der Waals surface area (Å²) in [6.45, 7) is 8.83. The Hall–Kier alpha value is -0.610. The minimum absolute atomic E-state index is 0.322. The zero-order chi connectivity index (χ0) is 13.6. The van der Waals surface area contributed by atoms with Crippen LogP contribution in [0.2, 0.25) is 0 Å². The Labute approximate surface area is 111 Å². The van der Waals surface area contributed by atoms with Crippen molar-refractivity contribution in [1.82, 2.24) is 10.2 Å². The fourth-order valence-corrected chi connectivity index (χ4v) is 2.88. The van der Waals surface area contributed by atoms with Gasteiger partial charge in [0.15, 0.2) is 0 Å². The van der Waals surface area contributed by atoms with E-state index in [1.165, 1.54) is 25.7 Å². The van der Waals surface area contributed by atoms with E-state index in [9.17, 15) is 9.90 Å². The van der Waals surface area contributed by atoms with Crippen LogP contribution in [0.15, 0.2) is 0 Å². The number of likely N-dealkylation sites (tertiary alicyclic amines) is 1. The van der Waals surface area contributed by atoms with Crippen LogP contribution in [0, 0.1) is 0 Å². The van der Waals surface area contributed by atoms with Crippen LogP contribution in [0.3, 0.4) is 0 Å². The predicted molar refractivity (Wildman–Crippen MR) is 73.8 cm³/mol. The molecule has 0 radical (unpaired) electrons. The first-order chi connectivity index (χ1) is 8.49. The molecule has 0 aromatic rings. The number of nitrogens with zero attached hydrogens (tertiary/aromatic N) is 1. The maximum Gasteiger partial charge on any atom is 0.323 e. The topological polar surface area (TPSA) is 52.6 Å². The number of carboxylic acid groups (broad SMARTS) is 1. The van der Waals surface area contributed by atoms with Gasteiger partial charge >= 0.3 is 5.97 Å². The average molecular weight is 256 g/mol. The molecule has 2 atom stereocenters. The Balaban J connectivity index is 2.59. The number of rotatable bonds is 6. The molecule has 0 aliphatic carbocycles. The van der Waals surface area contributed by atoms with Gasteiger partial charge in [-0.15, -0.1) is 0 Å². The SMILES string of the molecule is CCNC(C)(CC(C)N1CCCCCC1)C(=O)O. The smallest absolute Gasteiger partial charge is 0.323 e. The molecule has 0 saturated carbocycles. The van der Waals surface area contributed by atoms with E-state index in [2.05, 4.69) is 17.1 Å². The minimum Gasteiger partial charge on any atom is -0.480 e. The first kappa shape index (κ1) is 15.4. The Kier molecular flexibility index (Phi) is 6.09. The lowest BCUT2D eigenvalue weighted by Gasteiger charge is -2.34. The molecular weight excluding hydrogens is 228 g/mol. The van der Waals surface area contributed by atoms with E-state index >= 15 is 0 Å². The van der Waals surface area contributed by atoms with Gasteiger partial charge in [-0.2, -0.15) is 0 Å². The van der Waals surface area contributed by atoms with E-state index in [1.807, 2.05) is 6.92 Å². The summed E-state index contributed by atoms with van der Waals surface area (Å²) in [7, 11) is 0. The lowest BCUT2D eigenvalue weighted by Crippen LogP contribution is -2.53. The molecule has 0 bridgehead atoms. The van der Waals surface area contributed by atoms with E-state index in [0.29, 0.717) is 19.0 Å². The van der Waals surface area contributed by atoms with Crippen molar-refractivity contribution in [3.63, 3.8) is 0 Å². The molecule has 4 heteroatoms. The van der Waals surface area contributed by atoms with E-state index in [0.717, 1.165) is 13.1 Å². The van der Waals surface area contributed by atoms with E-state index < -0.39 is 11.5 Å². The highest BCUT2D eigenvalue weighted by atomic mass is 16.4. The summed E-state index contributed by atoms with van der Waals surface area (Å²) in [6, 6.07) is 0.322. The highest BCUT2D eigenvalue weighted by Crippen LogP contribution is 2.20. The second-order valence-electron chi connectivity index (χ2n) is 5.67. The lowest BCUT2D eigenvalue weighted by molar-refractivity contribution is -0.145. The molecule has 0 aromatic heterocycles. The van der Waals surface area contributed by atoms with Crippen LogP contribution in [0.1, 0.15) is 52.9 Å². The van der Waals surface area contributed by atoms with Crippen molar-refractivity contribution >= 4 is 5.97 Å². The third-order valence-electron chi connectivity index (χ3n) is 4.01. The highest BCUT2D eigenvalue weighted by molar-refractivity contribution is 5.78. The molecule has 2 N–H and O–H groups in total. The van der Waals surface area contributed by atoms with Crippen LogP contribution in [-0.4, -0.2) is 47.2 Å². The standard InChI is InChI=1S/C14H28N2O2/c1-4-15-14(3,13(17)18)11-12(2)16-9-7-5-6-8-10-16/h12,15H,4-11H2,1-3H3,(H,17,18). The second kappa shape index (κ2) is 7.10. The maximum absolute atomic E-state index is 11.4. The first-order valence-electron chi connectivity index (χ1n) is 7.22. The zero-order valence-electron chi connectivity index (χ0n) is 12.0. The number of carbonyl (C=O) groups is 1. The largest absolute Gasteiger partial charge is 0.480 e. The van der Waals surface area contributed by atoms with Gasteiger partial charge in [0.05, 0.1) is 0 Å². The fourth-order valence-electron chi connectivity index (χ4n) is 2.88. The molecule has 1 aliphatic heterocycles. The number of hydrogen-bond acceptors (Lipinski definition) is 3. The molecule has 106 valence electrons. The summed E-state index contributed by atoms with van der Waals surface area (Å²) < 4.78 is 0. The highest BCUT2D eigenvalue weighted by Gasteiger charge is 2.35. The number of carboxylic acids is 1. The van der Waals surface area contributed by atoms with Crippen LogP contribution in [-0.2, 0) is 4.79 Å². The van der Waals surface area contributed by atoms with E-state index in [4.69, 9.17) is 0 Å². The summed E-state index contributed by atoms with van der Waals surface area (Å²) in [5.41, 5.74) is -0.805. The normalized spacial score (nSPS) is 23.1. The van der Waals surface area contributed by atoms with Gasteiger partial charge in [0, 0.05) is 6.04 Å². The van der Waals surface area contributed by atoms with Gasteiger partial charge in [0.2, 0.25) is 0 Å². The van der Waals surface area contributed by atoms with Crippen molar-refractivity contribution in [2.45, 2.75) is 64.5 Å². The van der Waals surface area contributed by atoms with Gasteiger partial charge in [0.1, 0.15) is 5.54 Å². The van der Waals surface area contributed by atoms with Gasteiger partial charge in [-0.3, -0.25) is 4.79 Å². The van der Waals surface area contributed by atoms with Crippen LogP contribution >= 0.6 is 0 Å². The Morgan fingerprint density at radius 3 is 2.33 bits per heavy atom. The zero-order valence-corrected chi connectivity index (χ0v) is 12.0. The van der Waals surface area contributed by atoms with Crippen LogP contribution in [0.25, 0.3) is 0 Å². The van der Waals surface area contributed by atoms with Crippen molar-refractivity contribution < 1.29 is 9.90 Å². The van der Waals surface area contributed by atoms with E-state index in [1.54, 1.807) is 6.92 Å². The predicted octanol–water partition coefficient (Wildman–Crippen LogP) is 2.09. The molecule has 0 aromatic carbocycles. The Bertz CT molecular complexity index is 263. The number of aliphatic carboxylic acids is 1. The first-order valence-corrected chi connectivity index (χ1v) is 7.22. The van der Waals surface area contributed by atoms with Gasteiger partial charge in [-0.25, -0.2) is 0 Å². The molecule has 1 fully saturated rings. The third-order valence-corrected chi connectivity index (χ3v) is 4.01. The second-order valence-corrected chi connectivity index (χ2v) is 5.67. The van der Waals surface area contributed by atoms with Crippen LogP contribution in [0.4, 0.5) is 0 Å². The lowest BCUT2D eigenvalue weighted by atomic mass is 9.92. The number of nitrogens with one attached hydrogen (secondary N) is 1. The summed E-state index contributed by atoms with van der Waals surface area (Å²) in [4.78, 5) is 13.9. The molecular formula is C14H28N2O2. The van der Waals surface area contributed by atoms with Crippen molar-refractivity contribution in [3.8, 4) is 0 Å². The molecule has 0 spiro atoms. The molecule has 4 nitrogen and oxygen atoms in total. The van der Waals surface area contributed by atoms with Crippen molar-refractivity contribution in [3.05, 3.63) is 0 Å². The van der Waals surface area contributed by atoms with E-state index in [-0.39, 0.29) is 0 Å². The number of likely N-dealkylation sites (N-methyl/N-ethyl adjacent to an activating group) is 1. The van der Waals surface area contributed by atoms with Gasteiger partial charge < -0.3 is 15.3 Å². The third kappa shape index (κ3) is 4.25. The molecule has 1 saturated heterocycles. The Morgan fingerprint density at radius 2 is 1.89 bits per heavy atom. The maximum atomic E-state index is 11.4. The summed E-state index contributed by atoms with van der Waals surface area (Å²) in [6.07, 6.45) is 5.78. The molecule has 1 aliphatic rings. The summed E-state index contributed by atoms with van der Waals surface area (Å²) >= 11 is 0. The van der Waals surface area contributed by atoms with Gasteiger partial charge in [-0.05, 0) is 52.7 Å². The summed E-state index contributed by atoms with van der Waals surface area (Å²) in [5.74, 6) is -0.744. The van der Waals surface area contributed by atoms with Crippen molar-refractivity contribution in [2.75, 3.05) is 19.6 Å². The fraction of sp³-hybridized carbons (Fsp3) is 0.929.